The molecule has 1 amide bonds. The number of alkyl halides is 3. The van der Waals surface area contributed by atoms with Gasteiger partial charge in [0.2, 0.25) is 5.91 Å². The van der Waals surface area contributed by atoms with Crippen molar-refractivity contribution in [2.24, 2.45) is 0 Å². The van der Waals surface area contributed by atoms with Gasteiger partial charge in [-0.05, 0) is 41.8 Å². The van der Waals surface area contributed by atoms with Gasteiger partial charge in [-0.2, -0.15) is 13.2 Å². The second kappa shape index (κ2) is 8.44. The van der Waals surface area contributed by atoms with E-state index in [9.17, 15) is 18.0 Å². The summed E-state index contributed by atoms with van der Waals surface area (Å²) in [5, 5.41) is 3.32. The zero-order valence-corrected chi connectivity index (χ0v) is 16.2. The van der Waals surface area contributed by atoms with Crippen LogP contribution >= 0.6 is 15.9 Å². The van der Waals surface area contributed by atoms with E-state index in [0.29, 0.717) is 31.6 Å². The molecular weight excluding hydrogens is 421 g/mol. The van der Waals surface area contributed by atoms with Gasteiger partial charge in [0.05, 0.1) is 11.6 Å². The van der Waals surface area contributed by atoms with E-state index in [2.05, 4.69) is 21.2 Å². The number of carbonyl (C=O) groups excluding carboxylic acids is 1. The molecule has 7 heteroatoms. The number of benzene rings is 2. The number of nitrogens with zero attached hydrogens (tertiary/aromatic N) is 1. The fourth-order valence-electron chi connectivity index (χ4n) is 3.22. The van der Waals surface area contributed by atoms with Gasteiger partial charge in [-0.15, -0.1) is 0 Å². The highest BCUT2D eigenvalue weighted by molar-refractivity contribution is 9.10. The molecule has 3 nitrogen and oxygen atoms in total. The smallest absolute Gasteiger partial charge is 0.341 e. The van der Waals surface area contributed by atoms with E-state index in [1.165, 1.54) is 12.1 Å². The lowest BCUT2D eigenvalue weighted by atomic mass is 10.0. The molecule has 1 unspecified atom stereocenters. The topological polar surface area (TPSA) is 32.3 Å². The fraction of sp³-hybridized carbons (Fsp3) is 0.350. The van der Waals surface area contributed by atoms with E-state index in [0.717, 1.165) is 22.5 Å². The van der Waals surface area contributed by atoms with Crippen LogP contribution in [0.3, 0.4) is 0 Å². The highest BCUT2D eigenvalue weighted by Crippen LogP contribution is 2.31. The zero-order chi connectivity index (χ0) is 19.4. The van der Waals surface area contributed by atoms with Crippen LogP contribution in [-0.4, -0.2) is 23.9 Å². The first-order valence-electron chi connectivity index (χ1n) is 8.76. The first kappa shape index (κ1) is 19.9. The summed E-state index contributed by atoms with van der Waals surface area (Å²) in [6.45, 7) is 1.49. The van der Waals surface area contributed by atoms with Gasteiger partial charge in [0.25, 0.3) is 0 Å². The molecule has 1 heterocycles. The van der Waals surface area contributed by atoms with E-state index >= 15 is 0 Å². The van der Waals surface area contributed by atoms with Gasteiger partial charge in [0.15, 0.2) is 0 Å². The highest BCUT2D eigenvalue weighted by atomic mass is 79.9. The van der Waals surface area contributed by atoms with Crippen LogP contribution < -0.4 is 5.32 Å². The van der Waals surface area contributed by atoms with Crippen LogP contribution in [0.25, 0.3) is 0 Å². The Bertz CT molecular complexity index is 810. The maximum atomic E-state index is 13.1. The van der Waals surface area contributed by atoms with Crippen molar-refractivity contribution in [2.75, 3.05) is 13.1 Å². The second-order valence-corrected chi connectivity index (χ2v) is 7.55. The molecule has 2 aromatic rings. The monoisotopic (exact) mass is 440 g/mol. The van der Waals surface area contributed by atoms with E-state index in [1.54, 1.807) is 11.0 Å². The fourth-order valence-corrected chi connectivity index (χ4v) is 3.67. The number of carbonyl (C=O) groups is 1. The third-order valence-corrected chi connectivity index (χ3v) is 5.13. The molecule has 0 aromatic heterocycles. The predicted molar refractivity (Wildman–Crippen MR) is 101 cm³/mol. The highest BCUT2D eigenvalue weighted by Gasteiger charge is 2.31. The van der Waals surface area contributed by atoms with Gasteiger partial charge in [-0.25, -0.2) is 0 Å². The molecule has 1 aliphatic rings. The summed E-state index contributed by atoms with van der Waals surface area (Å²) >= 11 is 3.42. The van der Waals surface area contributed by atoms with Crippen molar-refractivity contribution >= 4 is 21.8 Å². The summed E-state index contributed by atoms with van der Waals surface area (Å²) in [7, 11) is 0. The van der Waals surface area contributed by atoms with Crippen molar-refractivity contribution in [3.63, 3.8) is 0 Å². The van der Waals surface area contributed by atoms with Crippen molar-refractivity contribution in [3.05, 3.63) is 69.7 Å². The Morgan fingerprint density at radius 1 is 1.15 bits per heavy atom. The lowest BCUT2D eigenvalue weighted by molar-refractivity contribution is -0.137. The second-order valence-electron chi connectivity index (χ2n) is 6.63. The number of rotatable bonds is 6. The minimum atomic E-state index is -4.39. The Kier molecular flexibility index (Phi) is 6.22. The molecule has 1 aliphatic heterocycles. The molecule has 0 saturated carbocycles. The molecule has 0 bridgehead atoms. The molecule has 2 aromatic carbocycles. The van der Waals surface area contributed by atoms with Crippen molar-refractivity contribution < 1.29 is 18.0 Å². The molecule has 0 radical (unpaired) electrons. The number of hydrogen-bond acceptors (Lipinski definition) is 2. The molecule has 144 valence electrons. The largest absolute Gasteiger partial charge is 0.416 e. The van der Waals surface area contributed by atoms with Gasteiger partial charge in [0.1, 0.15) is 0 Å². The summed E-state index contributed by atoms with van der Waals surface area (Å²) < 4.78 is 40.2. The molecule has 1 N–H and O–H groups in total. The third-order valence-electron chi connectivity index (χ3n) is 4.63. The van der Waals surface area contributed by atoms with Crippen molar-refractivity contribution in [2.45, 2.75) is 31.6 Å². The Labute approximate surface area is 164 Å². The summed E-state index contributed by atoms with van der Waals surface area (Å²) in [6, 6.07) is 12.7. The van der Waals surface area contributed by atoms with E-state index in [-0.39, 0.29) is 11.9 Å². The number of nitrogens with one attached hydrogen (secondary N) is 1. The SMILES string of the molecule is O=C1CCCN1CC(NCc1cccc(Br)c1)c1cccc(C(F)(F)F)c1. The van der Waals surface area contributed by atoms with E-state index in [1.807, 2.05) is 24.3 Å². The van der Waals surface area contributed by atoms with Gasteiger partial charge >= 0.3 is 6.18 Å². The number of likely N-dealkylation sites (tertiary alicyclic amines) is 1. The summed E-state index contributed by atoms with van der Waals surface area (Å²) in [5.74, 6) is 0.0521. The quantitative estimate of drug-likeness (QED) is 0.690. The van der Waals surface area contributed by atoms with Crippen LogP contribution in [0.15, 0.2) is 53.0 Å². The minimum Gasteiger partial charge on any atom is -0.341 e. The van der Waals surface area contributed by atoms with Crippen LogP contribution in [0.4, 0.5) is 13.2 Å². The normalized spacial score (nSPS) is 16.0. The maximum Gasteiger partial charge on any atom is 0.416 e. The standard InChI is InChI=1S/C20H20BrF3N2O/c21-17-7-1-4-14(10-17)12-25-18(13-26-9-3-8-19(26)27)15-5-2-6-16(11-15)20(22,23)24/h1-2,4-7,10-11,18,25H,3,8-9,12-13H2. The molecule has 1 atom stereocenters. The van der Waals surface area contributed by atoms with Gasteiger partial charge in [-0.3, -0.25) is 4.79 Å². The lowest BCUT2D eigenvalue weighted by Gasteiger charge is -2.26. The van der Waals surface area contributed by atoms with Crippen LogP contribution in [0, 0.1) is 0 Å². The minimum absolute atomic E-state index is 0.0521. The average molecular weight is 441 g/mol. The van der Waals surface area contributed by atoms with E-state index in [4.69, 9.17) is 0 Å². The predicted octanol–water partition coefficient (Wildman–Crippen LogP) is 4.92. The van der Waals surface area contributed by atoms with Crippen molar-refractivity contribution in [1.29, 1.82) is 0 Å². The number of hydrogen-bond donors (Lipinski definition) is 1. The Balaban J connectivity index is 1.81. The first-order valence-corrected chi connectivity index (χ1v) is 9.55. The molecule has 1 saturated heterocycles. The molecule has 27 heavy (non-hydrogen) atoms. The van der Waals surface area contributed by atoms with Crippen molar-refractivity contribution in [3.8, 4) is 0 Å². The lowest BCUT2D eigenvalue weighted by Crippen LogP contribution is -2.36. The van der Waals surface area contributed by atoms with Crippen LogP contribution in [0.2, 0.25) is 0 Å². The van der Waals surface area contributed by atoms with Gasteiger partial charge in [-0.1, -0.05) is 40.2 Å². The van der Waals surface area contributed by atoms with Crippen LogP contribution in [-0.2, 0) is 17.5 Å². The van der Waals surface area contributed by atoms with Crippen molar-refractivity contribution in [1.82, 2.24) is 10.2 Å². The molecule has 3 rings (SSSR count). The van der Waals surface area contributed by atoms with Crippen LogP contribution in [0.1, 0.15) is 35.6 Å². The molecule has 1 fully saturated rings. The summed E-state index contributed by atoms with van der Waals surface area (Å²) in [5.41, 5.74) is 0.857. The first-order chi connectivity index (χ1) is 12.8. The Morgan fingerprint density at radius 2 is 1.93 bits per heavy atom. The zero-order valence-electron chi connectivity index (χ0n) is 14.6. The molecule has 0 aliphatic carbocycles. The van der Waals surface area contributed by atoms with Gasteiger partial charge in [0, 0.05) is 30.5 Å². The summed E-state index contributed by atoms with van der Waals surface area (Å²) in [4.78, 5) is 13.7. The third kappa shape index (κ3) is 5.32. The van der Waals surface area contributed by atoms with Crippen LogP contribution in [0.5, 0.6) is 0 Å². The van der Waals surface area contributed by atoms with E-state index < -0.39 is 11.7 Å². The Hall–Kier alpha value is -1.86. The maximum absolute atomic E-state index is 13.1. The van der Waals surface area contributed by atoms with Gasteiger partial charge < -0.3 is 10.2 Å². The summed E-state index contributed by atoms with van der Waals surface area (Å²) in [6.07, 6.45) is -3.10. The average Bonchev–Trinajstić information content (AvgIpc) is 3.03. The number of halogens is 4. The molecular formula is C20H20BrF3N2O. The Morgan fingerprint density at radius 3 is 2.59 bits per heavy atom. The molecule has 0 spiro atoms. The number of amides is 1.